The number of piperidine rings is 1. The van der Waals surface area contributed by atoms with Crippen molar-refractivity contribution < 1.29 is 8.42 Å². The minimum atomic E-state index is -3.07. The Bertz CT molecular complexity index is 316. The molecule has 0 aromatic carbocycles. The van der Waals surface area contributed by atoms with Crippen molar-refractivity contribution in [3.8, 4) is 0 Å². The summed E-state index contributed by atoms with van der Waals surface area (Å²) in [5.74, 6) is 0.969. The molecule has 1 N–H and O–H groups in total. The van der Waals surface area contributed by atoms with Crippen LogP contribution in [0.4, 0.5) is 0 Å². The van der Waals surface area contributed by atoms with Gasteiger partial charge in [-0.2, -0.15) is 0 Å². The third kappa shape index (κ3) is 5.84. The Balaban J connectivity index is 2.36. The summed E-state index contributed by atoms with van der Waals surface area (Å²) in [6, 6.07) is 0.0110. The van der Waals surface area contributed by atoms with E-state index in [0.717, 1.165) is 25.6 Å². The van der Waals surface area contributed by atoms with Crippen LogP contribution in [0.2, 0.25) is 0 Å². The van der Waals surface area contributed by atoms with Crippen molar-refractivity contribution in [1.82, 2.24) is 9.62 Å². The van der Waals surface area contributed by atoms with E-state index in [9.17, 15) is 8.42 Å². The van der Waals surface area contributed by atoms with E-state index >= 15 is 0 Å². The van der Waals surface area contributed by atoms with Crippen molar-refractivity contribution in [3.05, 3.63) is 0 Å². The summed E-state index contributed by atoms with van der Waals surface area (Å²) in [6.45, 7) is 9.12. The molecule has 1 aliphatic heterocycles. The molecule has 1 rings (SSSR count). The molecule has 0 aliphatic carbocycles. The van der Waals surface area contributed by atoms with Crippen LogP contribution in [0.1, 0.15) is 40.0 Å². The van der Waals surface area contributed by atoms with Crippen LogP contribution in [0.5, 0.6) is 0 Å². The van der Waals surface area contributed by atoms with Gasteiger partial charge < -0.3 is 4.90 Å². The van der Waals surface area contributed by atoms with Gasteiger partial charge in [0.25, 0.3) is 0 Å². The van der Waals surface area contributed by atoms with Crippen LogP contribution in [0.15, 0.2) is 0 Å². The van der Waals surface area contributed by atoms with E-state index in [2.05, 4.69) is 16.5 Å². The summed E-state index contributed by atoms with van der Waals surface area (Å²) in [5, 5.41) is 0. The highest BCUT2D eigenvalue weighted by Gasteiger charge is 2.20. The zero-order valence-corrected chi connectivity index (χ0v) is 12.1. The fourth-order valence-corrected chi connectivity index (χ4v) is 3.85. The van der Waals surface area contributed by atoms with E-state index in [1.54, 1.807) is 0 Å². The highest BCUT2D eigenvalue weighted by Crippen LogP contribution is 2.15. The molecule has 1 fully saturated rings. The Labute approximate surface area is 106 Å². The first-order valence-corrected chi connectivity index (χ1v) is 8.30. The van der Waals surface area contributed by atoms with Gasteiger partial charge in [0.05, 0.1) is 5.75 Å². The molecular formula is C12H26N2O2S. The fourth-order valence-electron chi connectivity index (χ4n) is 2.51. The molecule has 0 aromatic heterocycles. The number of hydrogen-bond donors (Lipinski definition) is 1. The van der Waals surface area contributed by atoms with Crippen LogP contribution in [-0.4, -0.2) is 44.7 Å². The van der Waals surface area contributed by atoms with Crippen LogP contribution >= 0.6 is 0 Å². The first-order chi connectivity index (χ1) is 7.93. The topological polar surface area (TPSA) is 49.4 Å². The summed E-state index contributed by atoms with van der Waals surface area (Å²) in [4.78, 5) is 2.37. The fraction of sp³-hybridized carbons (Fsp3) is 1.00. The second-order valence-corrected chi connectivity index (χ2v) is 7.22. The third-order valence-electron chi connectivity index (χ3n) is 3.13. The Morgan fingerprint density at radius 1 is 1.47 bits per heavy atom. The minimum absolute atomic E-state index is 0.0110. The second-order valence-electron chi connectivity index (χ2n) is 5.34. The van der Waals surface area contributed by atoms with Crippen LogP contribution in [-0.2, 0) is 10.0 Å². The van der Waals surface area contributed by atoms with Crippen molar-refractivity contribution in [1.29, 1.82) is 0 Å². The molecule has 102 valence electrons. The predicted octanol–water partition coefficient (Wildman–Crippen LogP) is 1.44. The Kier molecular flexibility index (Phi) is 5.89. The van der Waals surface area contributed by atoms with Crippen LogP contribution in [0.25, 0.3) is 0 Å². The lowest BCUT2D eigenvalue weighted by Gasteiger charge is -2.32. The van der Waals surface area contributed by atoms with Gasteiger partial charge in [0, 0.05) is 19.1 Å². The molecule has 1 aliphatic rings. The van der Waals surface area contributed by atoms with Crippen LogP contribution in [0, 0.1) is 5.92 Å². The highest BCUT2D eigenvalue weighted by molar-refractivity contribution is 7.89. The number of nitrogens with zero attached hydrogens (tertiary/aromatic N) is 1. The molecule has 17 heavy (non-hydrogen) atoms. The molecule has 5 heteroatoms. The van der Waals surface area contributed by atoms with Crippen LogP contribution in [0.3, 0.4) is 0 Å². The smallest absolute Gasteiger partial charge is 0.211 e. The number of nitrogens with one attached hydrogen (secondary N) is 1. The first-order valence-electron chi connectivity index (χ1n) is 6.65. The van der Waals surface area contributed by atoms with Gasteiger partial charge in [-0.15, -0.1) is 0 Å². The number of likely N-dealkylation sites (tertiary alicyclic amines) is 1. The van der Waals surface area contributed by atoms with Crippen molar-refractivity contribution in [2.24, 2.45) is 5.92 Å². The summed E-state index contributed by atoms with van der Waals surface area (Å²) in [6.07, 6.45) is 3.20. The van der Waals surface area contributed by atoms with Crippen molar-refractivity contribution >= 4 is 10.0 Å². The maximum absolute atomic E-state index is 11.6. The summed E-state index contributed by atoms with van der Waals surface area (Å²) in [7, 11) is -3.07. The van der Waals surface area contributed by atoms with Gasteiger partial charge in [0.2, 0.25) is 10.0 Å². The van der Waals surface area contributed by atoms with Crippen molar-refractivity contribution in [2.45, 2.75) is 46.1 Å². The van der Waals surface area contributed by atoms with Gasteiger partial charge in [0.15, 0.2) is 0 Å². The lowest BCUT2D eigenvalue weighted by molar-refractivity contribution is 0.174. The van der Waals surface area contributed by atoms with Gasteiger partial charge in [-0.25, -0.2) is 13.1 Å². The molecule has 0 bridgehead atoms. The molecule has 4 nitrogen and oxygen atoms in total. The van der Waals surface area contributed by atoms with Gasteiger partial charge in [0.1, 0.15) is 0 Å². The Morgan fingerprint density at radius 2 is 2.18 bits per heavy atom. The van der Waals surface area contributed by atoms with Crippen LogP contribution < -0.4 is 4.72 Å². The normalized spacial score (nSPS) is 24.8. The zero-order chi connectivity index (χ0) is 12.9. The van der Waals surface area contributed by atoms with E-state index in [1.165, 1.54) is 12.8 Å². The molecule has 0 amide bonds. The molecule has 0 saturated carbocycles. The van der Waals surface area contributed by atoms with Crippen molar-refractivity contribution in [2.75, 3.05) is 25.4 Å². The number of rotatable bonds is 6. The number of hydrogen-bond acceptors (Lipinski definition) is 3. The lowest BCUT2D eigenvalue weighted by Crippen LogP contribution is -2.45. The molecule has 0 aromatic rings. The van der Waals surface area contributed by atoms with Gasteiger partial charge in [-0.3, -0.25) is 0 Å². The predicted molar refractivity (Wildman–Crippen MR) is 71.5 cm³/mol. The second kappa shape index (κ2) is 6.71. The van der Waals surface area contributed by atoms with E-state index in [-0.39, 0.29) is 11.8 Å². The van der Waals surface area contributed by atoms with Crippen molar-refractivity contribution in [3.63, 3.8) is 0 Å². The molecule has 2 atom stereocenters. The van der Waals surface area contributed by atoms with Gasteiger partial charge in [-0.05, 0) is 38.6 Å². The Morgan fingerprint density at radius 3 is 2.76 bits per heavy atom. The lowest BCUT2D eigenvalue weighted by atomic mass is 10.00. The average Bonchev–Trinajstić information content (AvgIpc) is 2.15. The standard InChI is InChI=1S/C12H26N2O2S/c1-4-8-17(15,16)13-12(3)10-14-7-5-6-11(2)9-14/h11-13H,4-10H2,1-3H3/t11-,12-/m1/s1. The summed E-state index contributed by atoms with van der Waals surface area (Å²) >= 11 is 0. The zero-order valence-electron chi connectivity index (χ0n) is 11.3. The molecular weight excluding hydrogens is 236 g/mol. The molecule has 1 saturated heterocycles. The quantitative estimate of drug-likeness (QED) is 0.788. The first kappa shape index (κ1) is 14.9. The largest absolute Gasteiger partial charge is 0.301 e. The molecule has 1 heterocycles. The van der Waals surface area contributed by atoms with Gasteiger partial charge in [-0.1, -0.05) is 13.8 Å². The monoisotopic (exact) mass is 262 g/mol. The maximum atomic E-state index is 11.6. The average molecular weight is 262 g/mol. The molecule has 0 radical (unpaired) electrons. The van der Waals surface area contributed by atoms with E-state index in [1.807, 2.05) is 13.8 Å². The third-order valence-corrected chi connectivity index (χ3v) is 4.83. The Hall–Kier alpha value is -0.130. The molecule has 0 spiro atoms. The van der Waals surface area contributed by atoms with Gasteiger partial charge >= 0.3 is 0 Å². The summed E-state index contributed by atoms with van der Waals surface area (Å²) < 4.78 is 26.0. The highest BCUT2D eigenvalue weighted by atomic mass is 32.2. The van der Waals surface area contributed by atoms with E-state index in [0.29, 0.717) is 6.42 Å². The molecule has 0 unspecified atom stereocenters. The minimum Gasteiger partial charge on any atom is -0.301 e. The number of sulfonamides is 1. The van der Waals surface area contributed by atoms with E-state index < -0.39 is 10.0 Å². The van der Waals surface area contributed by atoms with E-state index in [4.69, 9.17) is 0 Å². The SMILES string of the molecule is CCCS(=O)(=O)N[C@H](C)CN1CCC[C@@H](C)C1. The summed E-state index contributed by atoms with van der Waals surface area (Å²) in [5.41, 5.74) is 0. The maximum Gasteiger partial charge on any atom is 0.211 e.